The summed E-state index contributed by atoms with van der Waals surface area (Å²) in [6.07, 6.45) is 0.313. The van der Waals surface area contributed by atoms with Crippen LogP contribution in [0.1, 0.15) is 6.42 Å². The van der Waals surface area contributed by atoms with Gasteiger partial charge in [-0.05, 0) is 12.1 Å². The van der Waals surface area contributed by atoms with Gasteiger partial charge in [0.15, 0.2) is 0 Å². The third-order valence-electron chi connectivity index (χ3n) is 3.84. The van der Waals surface area contributed by atoms with Crippen LogP contribution in [0.5, 0.6) is 0 Å². The first-order valence-electron chi connectivity index (χ1n) is 6.55. The van der Waals surface area contributed by atoms with Gasteiger partial charge in [-0.2, -0.15) is 0 Å². The molecule has 1 aromatic carbocycles. The first-order chi connectivity index (χ1) is 9.16. The number of nitrogens with zero attached hydrogens (tertiary/aromatic N) is 2. The standard InChI is InChI=1S/C14H17N3O2/c1-16-6-7-17(12-5-3-2-4-11(12)16)14(19)10-8-13(18)15-9-10/h2-5,10H,6-9H2,1H3,(H,15,18). The number of nitrogens with one attached hydrogen (secondary N) is 1. The Kier molecular flexibility index (Phi) is 2.89. The normalized spacial score (nSPS) is 22.2. The number of rotatable bonds is 1. The highest BCUT2D eigenvalue weighted by molar-refractivity contribution is 6.01. The minimum Gasteiger partial charge on any atom is -0.371 e. The van der Waals surface area contributed by atoms with E-state index in [9.17, 15) is 9.59 Å². The summed E-state index contributed by atoms with van der Waals surface area (Å²) in [6, 6.07) is 7.90. The Bertz CT molecular complexity index is 529. The third-order valence-corrected chi connectivity index (χ3v) is 3.84. The zero-order valence-corrected chi connectivity index (χ0v) is 10.9. The van der Waals surface area contributed by atoms with Crippen LogP contribution in [-0.4, -0.2) is 38.5 Å². The van der Waals surface area contributed by atoms with Crippen LogP contribution < -0.4 is 15.1 Å². The van der Waals surface area contributed by atoms with Gasteiger partial charge in [0.2, 0.25) is 11.8 Å². The van der Waals surface area contributed by atoms with E-state index in [0.717, 1.165) is 17.9 Å². The Labute approximate surface area is 112 Å². The molecule has 1 atom stereocenters. The summed E-state index contributed by atoms with van der Waals surface area (Å²) in [6.45, 7) is 1.96. The predicted octanol–water partition coefficient (Wildman–Crippen LogP) is 0.606. The quantitative estimate of drug-likeness (QED) is 0.804. The van der Waals surface area contributed by atoms with E-state index in [0.29, 0.717) is 19.5 Å². The topological polar surface area (TPSA) is 52.6 Å². The number of hydrogen-bond donors (Lipinski definition) is 1. The average Bonchev–Trinajstić information content (AvgIpc) is 2.86. The second-order valence-electron chi connectivity index (χ2n) is 5.11. The monoisotopic (exact) mass is 259 g/mol. The Morgan fingerprint density at radius 2 is 2.00 bits per heavy atom. The van der Waals surface area contributed by atoms with Crippen molar-refractivity contribution in [3.8, 4) is 0 Å². The molecule has 0 radical (unpaired) electrons. The van der Waals surface area contributed by atoms with Gasteiger partial charge in [0.25, 0.3) is 0 Å². The van der Waals surface area contributed by atoms with Crippen molar-refractivity contribution in [2.45, 2.75) is 6.42 Å². The van der Waals surface area contributed by atoms with Crippen LogP contribution in [0.3, 0.4) is 0 Å². The number of anilines is 2. The number of carbonyl (C=O) groups is 2. The van der Waals surface area contributed by atoms with Crippen LogP contribution in [0.25, 0.3) is 0 Å². The molecule has 5 nitrogen and oxygen atoms in total. The molecule has 2 heterocycles. The number of fused-ring (bicyclic) bond motifs is 1. The van der Waals surface area contributed by atoms with Gasteiger partial charge in [-0.1, -0.05) is 12.1 Å². The van der Waals surface area contributed by atoms with E-state index in [1.165, 1.54) is 0 Å². The number of amides is 2. The molecule has 0 aromatic heterocycles. The first kappa shape index (κ1) is 12.0. The Hall–Kier alpha value is -2.04. The van der Waals surface area contributed by atoms with Crippen LogP contribution in [0.2, 0.25) is 0 Å². The van der Waals surface area contributed by atoms with Gasteiger partial charge in [0, 0.05) is 33.1 Å². The molecule has 0 bridgehead atoms. The summed E-state index contributed by atoms with van der Waals surface area (Å²) in [5.74, 6) is -0.191. The Morgan fingerprint density at radius 3 is 2.68 bits per heavy atom. The summed E-state index contributed by atoms with van der Waals surface area (Å²) >= 11 is 0. The van der Waals surface area contributed by atoms with E-state index in [-0.39, 0.29) is 17.7 Å². The van der Waals surface area contributed by atoms with Gasteiger partial charge in [0.05, 0.1) is 17.3 Å². The average molecular weight is 259 g/mol. The SMILES string of the molecule is CN1CCN(C(=O)C2CNC(=O)C2)c2ccccc21. The minimum absolute atomic E-state index is 0.0271. The van der Waals surface area contributed by atoms with Crippen LogP contribution in [-0.2, 0) is 9.59 Å². The number of para-hydroxylation sites is 2. The van der Waals surface area contributed by atoms with Crippen LogP contribution in [0.15, 0.2) is 24.3 Å². The van der Waals surface area contributed by atoms with Gasteiger partial charge >= 0.3 is 0 Å². The van der Waals surface area contributed by atoms with E-state index < -0.39 is 0 Å². The van der Waals surface area contributed by atoms with E-state index in [1.807, 2.05) is 36.2 Å². The molecule has 2 aliphatic rings. The molecule has 1 unspecified atom stereocenters. The van der Waals surface area contributed by atoms with E-state index in [4.69, 9.17) is 0 Å². The Morgan fingerprint density at radius 1 is 1.26 bits per heavy atom. The molecule has 1 saturated heterocycles. The van der Waals surface area contributed by atoms with Crippen molar-refractivity contribution in [2.24, 2.45) is 5.92 Å². The fourth-order valence-corrected chi connectivity index (χ4v) is 2.74. The van der Waals surface area contributed by atoms with Crippen molar-refractivity contribution in [3.63, 3.8) is 0 Å². The first-order valence-corrected chi connectivity index (χ1v) is 6.55. The molecule has 0 aliphatic carbocycles. The molecule has 100 valence electrons. The maximum absolute atomic E-state index is 12.5. The molecule has 2 aliphatic heterocycles. The molecular weight excluding hydrogens is 242 g/mol. The maximum Gasteiger partial charge on any atom is 0.232 e. The lowest BCUT2D eigenvalue weighted by molar-refractivity contribution is -0.124. The van der Waals surface area contributed by atoms with Crippen molar-refractivity contribution < 1.29 is 9.59 Å². The number of hydrogen-bond acceptors (Lipinski definition) is 3. The highest BCUT2D eigenvalue weighted by Gasteiger charge is 2.34. The molecule has 0 saturated carbocycles. The molecule has 0 spiro atoms. The lowest BCUT2D eigenvalue weighted by Crippen LogP contribution is -2.45. The van der Waals surface area contributed by atoms with Gasteiger partial charge in [0.1, 0.15) is 0 Å². The van der Waals surface area contributed by atoms with E-state index >= 15 is 0 Å². The summed E-state index contributed by atoms with van der Waals surface area (Å²) < 4.78 is 0. The molecule has 1 fully saturated rings. The summed E-state index contributed by atoms with van der Waals surface area (Å²) in [5, 5.41) is 2.73. The lowest BCUT2D eigenvalue weighted by Gasteiger charge is -2.36. The molecular formula is C14H17N3O2. The molecule has 1 N–H and O–H groups in total. The zero-order chi connectivity index (χ0) is 13.4. The highest BCUT2D eigenvalue weighted by Crippen LogP contribution is 2.33. The summed E-state index contributed by atoms with van der Waals surface area (Å²) in [5.41, 5.74) is 2.01. The van der Waals surface area contributed by atoms with Gasteiger partial charge in [-0.25, -0.2) is 0 Å². The highest BCUT2D eigenvalue weighted by atomic mass is 16.2. The van der Waals surface area contributed by atoms with Crippen molar-refractivity contribution in [1.82, 2.24) is 5.32 Å². The molecule has 5 heteroatoms. The smallest absolute Gasteiger partial charge is 0.232 e. The fraction of sp³-hybridized carbons (Fsp3) is 0.429. The third kappa shape index (κ3) is 2.05. The van der Waals surface area contributed by atoms with Crippen LogP contribution in [0.4, 0.5) is 11.4 Å². The van der Waals surface area contributed by atoms with Crippen molar-refractivity contribution in [3.05, 3.63) is 24.3 Å². The number of likely N-dealkylation sites (N-methyl/N-ethyl adjacent to an activating group) is 1. The van der Waals surface area contributed by atoms with Gasteiger partial charge in [-0.3, -0.25) is 9.59 Å². The van der Waals surface area contributed by atoms with Crippen molar-refractivity contribution in [1.29, 1.82) is 0 Å². The summed E-state index contributed by atoms with van der Waals surface area (Å²) in [4.78, 5) is 27.7. The molecule has 1 aromatic rings. The van der Waals surface area contributed by atoms with Crippen LogP contribution >= 0.6 is 0 Å². The van der Waals surface area contributed by atoms with Crippen molar-refractivity contribution >= 4 is 23.2 Å². The van der Waals surface area contributed by atoms with Crippen LogP contribution in [0, 0.1) is 5.92 Å². The van der Waals surface area contributed by atoms with Gasteiger partial charge < -0.3 is 15.1 Å². The molecule has 2 amide bonds. The number of carbonyl (C=O) groups excluding carboxylic acids is 2. The lowest BCUT2D eigenvalue weighted by atomic mass is 10.1. The minimum atomic E-state index is -0.219. The van der Waals surface area contributed by atoms with E-state index in [2.05, 4.69) is 10.2 Å². The second kappa shape index (κ2) is 4.57. The maximum atomic E-state index is 12.5. The predicted molar refractivity (Wildman–Crippen MR) is 73.2 cm³/mol. The fourth-order valence-electron chi connectivity index (χ4n) is 2.74. The largest absolute Gasteiger partial charge is 0.371 e. The summed E-state index contributed by atoms with van der Waals surface area (Å²) in [7, 11) is 2.03. The molecule has 19 heavy (non-hydrogen) atoms. The van der Waals surface area contributed by atoms with E-state index in [1.54, 1.807) is 0 Å². The van der Waals surface area contributed by atoms with Gasteiger partial charge in [-0.15, -0.1) is 0 Å². The Balaban J connectivity index is 1.88. The molecule has 3 rings (SSSR count). The number of benzene rings is 1. The zero-order valence-electron chi connectivity index (χ0n) is 10.9. The van der Waals surface area contributed by atoms with Crippen molar-refractivity contribution in [2.75, 3.05) is 36.5 Å². The second-order valence-corrected chi connectivity index (χ2v) is 5.11.